The number of carbonyl (C=O) groups is 1. The van der Waals surface area contributed by atoms with E-state index in [-0.39, 0.29) is 0 Å². The molecule has 0 unspecified atom stereocenters. The topological polar surface area (TPSA) is 63.3 Å². The fourth-order valence-electron chi connectivity index (χ4n) is 2.60. The second-order valence-corrected chi connectivity index (χ2v) is 4.37. The summed E-state index contributed by atoms with van der Waals surface area (Å²) in [4.78, 5) is 9.00. The van der Waals surface area contributed by atoms with Crippen LogP contribution in [-0.2, 0) is 4.79 Å². The lowest BCUT2D eigenvalue weighted by molar-refractivity contribution is -0.134. The van der Waals surface area contributed by atoms with Crippen LogP contribution in [0.5, 0.6) is 0 Å². The van der Waals surface area contributed by atoms with Gasteiger partial charge in [-0.25, -0.2) is 0 Å². The molecule has 2 aliphatic carbocycles. The van der Waals surface area contributed by atoms with Crippen molar-refractivity contribution in [2.45, 2.75) is 39.0 Å². The molecule has 3 heteroatoms. The fourth-order valence-corrected chi connectivity index (χ4v) is 2.60. The van der Waals surface area contributed by atoms with E-state index < -0.39 is 5.97 Å². The molecule has 0 radical (unpaired) electrons. The minimum absolute atomic E-state index is 0.630. The van der Waals surface area contributed by atoms with Gasteiger partial charge >= 0.3 is 0 Å². The number of hydrogen-bond donors (Lipinski definition) is 2. The van der Waals surface area contributed by atoms with Crippen molar-refractivity contribution in [1.29, 1.82) is 0 Å². The van der Waals surface area contributed by atoms with Crippen LogP contribution in [0.2, 0.25) is 0 Å². The molecule has 3 N–H and O–H groups in total. The van der Waals surface area contributed by atoms with Gasteiger partial charge in [0.15, 0.2) is 0 Å². The minimum atomic E-state index is -0.833. The first kappa shape index (κ1) is 10.5. The molecule has 0 heterocycles. The summed E-state index contributed by atoms with van der Waals surface area (Å²) in [6.07, 6.45) is 7.24. The Hall–Kier alpha value is -0.570. The number of hydrogen-bond acceptors (Lipinski definition) is 2. The molecule has 0 atom stereocenters. The van der Waals surface area contributed by atoms with Gasteiger partial charge in [-0.1, -0.05) is 0 Å². The zero-order valence-corrected chi connectivity index (χ0v) is 8.25. The van der Waals surface area contributed by atoms with Gasteiger partial charge in [0, 0.05) is 6.92 Å². The Balaban J connectivity index is 0.000000184. The van der Waals surface area contributed by atoms with Crippen LogP contribution >= 0.6 is 0 Å². The van der Waals surface area contributed by atoms with Crippen molar-refractivity contribution in [3.8, 4) is 0 Å². The number of fused-ring (bicyclic) bond motifs is 2. The zero-order chi connectivity index (χ0) is 9.90. The van der Waals surface area contributed by atoms with Crippen LogP contribution in [0.25, 0.3) is 0 Å². The van der Waals surface area contributed by atoms with E-state index in [2.05, 4.69) is 0 Å². The maximum Gasteiger partial charge on any atom is 0.300 e. The number of nitrogens with two attached hydrogens (primary N) is 1. The molecule has 2 fully saturated rings. The predicted molar refractivity (Wildman–Crippen MR) is 51.4 cm³/mol. The molecule has 0 spiro atoms. The number of rotatable bonds is 1. The van der Waals surface area contributed by atoms with Crippen molar-refractivity contribution < 1.29 is 9.90 Å². The fraction of sp³-hybridized carbons (Fsp3) is 0.900. The summed E-state index contributed by atoms with van der Waals surface area (Å²) in [5, 5.41) is 7.42. The minimum Gasteiger partial charge on any atom is -0.481 e. The van der Waals surface area contributed by atoms with Gasteiger partial charge in [-0.05, 0) is 50.0 Å². The Morgan fingerprint density at radius 1 is 1.54 bits per heavy atom. The highest BCUT2D eigenvalue weighted by Crippen LogP contribution is 2.53. The second-order valence-electron chi connectivity index (χ2n) is 4.37. The summed E-state index contributed by atoms with van der Waals surface area (Å²) < 4.78 is 0. The maximum atomic E-state index is 9.00. The first-order valence-corrected chi connectivity index (χ1v) is 4.97. The van der Waals surface area contributed by atoms with E-state index in [1.54, 1.807) is 0 Å². The molecule has 2 saturated carbocycles. The van der Waals surface area contributed by atoms with Crippen molar-refractivity contribution >= 4 is 5.97 Å². The van der Waals surface area contributed by atoms with E-state index in [1.807, 2.05) is 0 Å². The summed E-state index contributed by atoms with van der Waals surface area (Å²) in [5.74, 6) is 0.230. The molecule has 13 heavy (non-hydrogen) atoms. The van der Waals surface area contributed by atoms with Gasteiger partial charge in [0.2, 0.25) is 0 Å². The highest BCUT2D eigenvalue weighted by atomic mass is 16.4. The van der Waals surface area contributed by atoms with E-state index in [4.69, 9.17) is 15.6 Å². The van der Waals surface area contributed by atoms with E-state index in [0.717, 1.165) is 19.4 Å². The van der Waals surface area contributed by atoms with Crippen LogP contribution in [0.4, 0.5) is 0 Å². The van der Waals surface area contributed by atoms with Crippen LogP contribution in [0.15, 0.2) is 0 Å². The van der Waals surface area contributed by atoms with Crippen LogP contribution in [-0.4, -0.2) is 17.6 Å². The number of aliphatic carboxylic acids is 1. The first-order chi connectivity index (χ1) is 6.08. The predicted octanol–water partition coefficient (Wildman–Crippen LogP) is 1.62. The Morgan fingerprint density at radius 2 is 2.00 bits per heavy atom. The Kier molecular flexibility index (Phi) is 3.31. The third kappa shape index (κ3) is 2.69. The Morgan fingerprint density at radius 3 is 2.15 bits per heavy atom. The van der Waals surface area contributed by atoms with Crippen molar-refractivity contribution in [1.82, 2.24) is 0 Å². The molecule has 0 aliphatic heterocycles. The SMILES string of the molecule is CC(=O)O.NCC12CCC(CC1)C2. The van der Waals surface area contributed by atoms with Crippen molar-refractivity contribution in [3.05, 3.63) is 0 Å². The smallest absolute Gasteiger partial charge is 0.300 e. The highest BCUT2D eigenvalue weighted by Gasteiger charge is 2.43. The monoisotopic (exact) mass is 185 g/mol. The molecule has 0 saturated heterocycles. The van der Waals surface area contributed by atoms with Gasteiger partial charge in [0.1, 0.15) is 0 Å². The molecular formula is C10H19NO2. The summed E-state index contributed by atoms with van der Waals surface area (Å²) in [7, 11) is 0. The van der Waals surface area contributed by atoms with E-state index >= 15 is 0 Å². The third-order valence-corrected chi connectivity index (χ3v) is 3.32. The average Bonchev–Trinajstić information content (AvgIpc) is 2.62. The molecule has 0 amide bonds. The number of carboxylic acid groups (broad SMARTS) is 1. The van der Waals surface area contributed by atoms with Crippen LogP contribution in [0.1, 0.15) is 39.0 Å². The molecule has 2 aliphatic rings. The molecule has 0 aromatic heterocycles. The largest absolute Gasteiger partial charge is 0.481 e. The van der Waals surface area contributed by atoms with E-state index in [9.17, 15) is 0 Å². The van der Waals surface area contributed by atoms with Gasteiger partial charge in [-0.15, -0.1) is 0 Å². The standard InChI is InChI=1S/C8H15N.C2H4O2/c9-6-8-3-1-7(5-8)2-4-8;1-2(3)4/h7H,1-6,9H2;1H3,(H,3,4). The van der Waals surface area contributed by atoms with E-state index in [0.29, 0.717) is 5.41 Å². The normalized spacial score (nSPS) is 35.4. The summed E-state index contributed by atoms with van der Waals surface area (Å²) in [6, 6.07) is 0. The third-order valence-electron chi connectivity index (χ3n) is 3.32. The lowest BCUT2D eigenvalue weighted by atomic mass is 9.85. The van der Waals surface area contributed by atoms with Gasteiger partial charge < -0.3 is 10.8 Å². The Bertz CT molecular complexity index is 179. The van der Waals surface area contributed by atoms with Gasteiger partial charge in [-0.2, -0.15) is 0 Å². The zero-order valence-electron chi connectivity index (χ0n) is 8.25. The molecule has 3 nitrogen and oxygen atoms in total. The van der Waals surface area contributed by atoms with Gasteiger partial charge in [-0.3, -0.25) is 4.79 Å². The summed E-state index contributed by atoms with van der Waals surface area (Å²) >= 11 is 0. The van der Waals surface area contributed by atoms with Crippen LogP contribution in [0, 0.1) is 11.3 Å². The second kappa shape index (κ2) is 4.09. The average molecular weight is 185 g/mol. The maximum absolute atomic E-state index is 9.00. The van der Waals surface area contributed by atoms with Crippen molar-refractivity contribution in [3.63, 3.8) is 0 Å². The molecule has 0 aromatic carbocycles. The van der Waals surface area contributed by atoms with Crippen LogP contribution < -0.4 is 5.73 Å². The lowest BCUT2D eigenvalue weighted by Gasteiger charge is -2.23. The number of carboxylic acids is 1. The first-order valence-electron chi connectivity index (χ1n) is 4.97. The summed E-state index contributed by atoms with van der Waals surface area (Å²) in [6.45, 7) is 2.03. The molecule has 0 aromatic rings. The summed E-state index contributed by atoms with van der Waals surface area (Å²) in [5.41, 5.74) is 6.34. The van der Waals surface area contributed by atoms with E-state index in [1.165, 1.54) is 32.1 Å². The lowest BCUT2D eigenvalue weighted by Crippen LogP contribution is -2.25. The molecular weight excluding hydrogens is 166 g/mol. The van der Waals surface area contributed by atoms with Crippen molar-refractivity contribution in [2.75, 3.05) is 6.54 Å². The van der Waals surface area contributed by atoms with Gasteiger partial charge in [0.25, 0.3) is 5.97 Å². The van der Waals surface area contributed by atoms with Crippen molar-refractivity contribution in [2.24, 2.45) is 17.1 Å². The van der Waals surface area contributed by atoms with Crippen LogP contribution in [0.3, 0.4) is 0 Å². The quantitative estimate of drug-likeness (QED) is 0.652. The molecule has 2 rings (SSSR count). The Labute approximate surface area is 79.3 Å². The van der Waals surface area contributed by atoms with Gasteiger partial charge in [0.05, 0.1) is 0 Å². The molecule has 2 bridgehead atoms. The molecule has 76 valence electrons. The highest BCUT2D eigenvalue weighted by molar-refractivity contribution is 5.62.